The molecule has 0 spiro atoms. The molecule has 1 rings (SSSR count). The molecular formula is C12H17ClFN. The van der Waals surface area contributed by atoms with Crippen molar-refractivity contribution in [3.63, 3.8) is 0 Å². The fourth-order valence-electron chi connectivity index (χ4n) is 1.48. The minimum atomic E-state index is -0.207. The van der Waals surface area contributed by atoms with E-state index in [1.807, 2.05) is 0 Å². The van der Waals surface area contributed by atoms with Gasteiger partial charge in [0, 0.05) is 5.02 Å². The summed E-state index contributed by atoms with van der Waals surface area (Å²) in [5.41, 5.74) is 0.910. The van der Waals surface area contributed by atoms with Gasteiger partial charge in [-0.05, 0) is 56.1 Å². The maximum Gasteiger partial charge on any atom is 0.123 e. The van der Waals surface area contributed by atoms with E-state index in [0.717, 1.165) is 37.9 Å². The monoisotopic (exact) mass is 229 g/mol. The number of benzene rings is 1. The predicted octanol–water partition coefficient (Wildman–Crippen LogP) is 3.41. The van der Waals surface area contributed by atoms with Gasteiger partial charge >= 0.3 is 0 Å². The average Bonchev–Trinajstić information content (AvgIpc) is 2.23. The highest BCUT2D eigenvalue weighted by Crippen LogP contribution is 2.18. The lowest BCUT2D eigenvalue weighted by atomic mass is 10.1. The number of hydrogen-bond acceptors (Lipinski definition) is 1. The molecule has 1 aromatic rings. The second kappa shape index (κ2) is 6.81. The van der Waals surface area contributed by atoms with Gasteiger partial charge in [-0.1, -0.05) is 18.5 Å². The lowest BCUT2D eigenvalue weighted by Crippen LogP contribution is -2.13. The molecule has 84 valence electrons. The van der Waals surface area contributed by atoms with Crippen LogP contribution in [0.1, 0.15) is 25.3 Å². The van der Waals surface area contributed by atoms with Gasteiger partial charge in [-0.15, -0.1) is 0 Å². The minimum Gasteiger partial charge on any atom is -0.317 e. The summed E-state index contributed by atoms with van der Waals surface area (Å²) in [5, 5.41) is 3.92. The Hall–Kier alpha value is -0.600. The molecule has 0 bridgehead atoms. The van der Waals surface area contributed by atoms with Crippen LogP contribution >= 0.6 is 11.6 Å². The van der Waals surface area contributed by atoms with Crippen molar-refractivity contribution in [2.75, 3.05) is 13.1 Å². The molecule has 0 amide bonds. The van der Waals surface area contributed by atoms with Crippen molar-refractivity contribution in [1.29, 1.82) is 0 Å². The van der Waals surface area contributed by atoms with E-state index in [9.17, 15) is 4.39 Å². The van der Waals surface area contributed by atoms with Gasteiger partial charge in [-0.3, -0.25) is 0 Å². The number of hydrogen-bond donors (Lipinski definition) is 1. The molecule has 0 aliphatic carbocycles. The van der Waals surface area contributed by atoms with E-state index < -0.39 is 0 Å². The summed E-state index contributed by atoms with van der Waals surface area (Å²) in [7, 11) is 0. The summed E-state index contributed by atoms with van der Waals surface area (Å²) in [6, 6.07) is 4.54. The summed E-state index contributed by atoms with van der Waals surface area (Å²) < 4.78 is 12.9. The molecule has 0 aliphatic rings. The fourth-order valence-corrected chi connectivity index (χ4v) is 1.69. The van der Waals surface area contributed by atoms with Gasteiger partial charge in [0.1, 0.15) is 5.82 Å². The molecule has 0 radical (unpaired) electrons. The van der Waals surface area contributed by atoms with Gasteiger partial charge in [0.2, 0.25) is 0 Å². The summed E-state index contributed by atoms with van der Waals surface area (Å²) in [6.07, 6.45) is 2.98. The van der Waals surface area contributed by atoms with E-state index in [2.05, 4.69) is 12.2 Å². The van der Waals surface area contributed by atoms with Crippen molar-refractivity contribution in [1.82, 2.24) is 5.32 Å². The van der Waals surface area contributed by atoms with Crippen LogP contribution in [0.15, 0.2) is 18.2 Å². The van der Waals surface area contributed by atoms with E-state index in [4.69, 9.17) is 11.6 Å². The van der Waals surface area contributed by atoms with Crippen LogP contribution in [0.5, 0.6) is 0 Å². The highest BCUT2D eigenvalue weighted by Gasteiger charge is 2.01. The smallest absolute Gasteiger partial charge is 0.123 e. The normalized spacial score (nSPS) is 10.6. The lowest BCUT2D eigenvalue weighted by molar-refractivity contribution is 0.619. The molecule has 0 saturated heterocycles. The number of unbranched alkanes of at least 4 members (excludes halogenated alkanes) is 1. The largest absolute Gasteiger partial charge is 0.317 e. The molecule has 1 nitrogen and oxygen atoms in total. The molecule has 0 fully saturated rings. The molecule has 0 heterocycles. The van der Waals surface area contributed by atoms with Crippen LogP contribution in [0, 0.1) is 5.82 Å². The molecule has 0 saturated carbocycles. The zero-order chi connectivity index (χ0) is 11.1. The maximum atomic E-state index is 12.9. The molecule has 3 heteroatoms. The number of rotatable bonds is 6. The van der Waals surface area contributed by atoms with Gasteiger partial charge in [0.25, 0.3) is 0 Å². The Morgan fingerprint density at radius 3 is 2.87 bits per heavy atom. The summed E-state index contributed by atoms with van der Waals surface area (Å²) in [4.78, 5) is 0. The fraction of sp³-hybridized carbons (Fsp3) is 0.500. The zero-order valence-corrected chi connectivity index (χ0v) is 9.78. The summed E-state index contributed by atoms with van der Waals surface area (Å²) in [5.74, 6) is -0.207. The first kappa shape index (κ1) is 12.5. The van der Waals surface area contributed by atoms with E-state index in [-0.39, 0.29) is 5.82 Å². The van der Waals surface area contributed by atoms with Crippen molar-refractivity contribution in [3.8, 4) is 0 Å². The van der Waals surface area contributed by atoms with Crippen molar-refractivity contribution < 1.29 is 4.39 Å². The predicted molar refractivity (Wildman–Crippen MR) is 62.9 cm³/mol. The third kappa shape index (κ3) is 4.63. The van der Waals surface area contributed by atoms with Crippen LogP contribution in [0.25, 0.3) is 0 Å². The van der Waals surface area contributed by atoms with Crippen LogP contribution in [0.3, 0.4) is 0 Å². The third-order valence-corrected chi connectivity index (χ3v) is 2.68. The second-order valence-corrected chi connectivity index (χ2v) is 3.95. The maximum absolute atomic E-state index is 12.9. The molecule has 15 heavy (non-hydrogen) atoms. The van der Waals surface area contributed by atoms with Crippen LogP contribution < -0.4 is 5.32 Å². The van der Waals surface area contributed by atoms with Gasteiger partial charge < -0.3 is 5.32 Å². The standard InChI is InChI=1S/C12H17ClFN/c1-2-15-8-4-3-5-10-9-11(14)6-7-12(10)13/h6-7,9,15H,2-5,8H2,1H3. The van der Waals surface area contributed by atoms with Crippen LogP contribution in [0.4, 0.5) is 4.39 Å². The molecular weight excluding hydrogens is 213 g/mol. The van der Waals surface area contributed by atoms with Gasteiger partial charge in [-0.2, -0.15) is 0 Å². The average molecular weight is 230 g/mol. The minimum absolute atomic E-state index is 0.207. The lowest BCUT2D eigenvalue weighted by Gasteiger charge is -2.04. The Bertz CT molecular complexity index is 302. The van der Waals surface area contributed by atoms with E-state index >= 15 is 0 Å². The van der Waals surface area contributed by atoms with E-state index in [0.29, 0.717) is 5.02 Å². The van der Waals surface area contributed by atoms with Crippen molar-refractivity contribution in [2.24, 2.45) is 0 Å². The van der Waals surface area contributed by atoms with Gasteiger partial charge in [0.15, 0.2) is 0 Å². The van der Waals surface area contributed by atoms with Crippen LogP contribution in [0.2, 0.25) is 5.02 Å². The Morgan fingerprint density at radius 1 is 1.33 bits per heavy atom. The topological polar surface area (TPSA) is 12.0 Å². The van der Waals surface area contributed by atoms with E-state index in [1.165, 1.54) is 12.1 Å². The highest BCUT2D eigenvalue weighted by atomic mass is 35.5. The summed E-state index contributed by atoms with van der Waals surface area (Å²) >= 11 is 5.95. The zero-order valence-electron chi connectivity index (χ0n) is 9.02. The molecule has 0 unspecified atom stereocenters. The molecule has 1 aromatic carbocycles. The molecule has 0 aliphatic heterocycles. The first-order chi connectivity index (χ1) is 7.24. The molecule has 0 aromatic heterocycles. The third-order valence-electron chi connectivity index (χ3n) is 2.31. The second-order valence-electron chi connectivity index (χ2n) is 3.55. The first-order valence-electron chi connectivity index (χ1n) is 5.38. The Balaban J connectivity index is 2.33. The van der Waals surface area contributed by atoms with Crippen molar-refractivity contribution >= 4 is 11.6 Å². The number of aryl methyl sites for hydroxylation is 1. The Kier molecular flexibility index (Phi) is 5.66. The molecule has 1 N–H and O–H groups in total. The quantitative estimate of drug-likeness (QED) is 0.738. The van der Waals surface area contributed by atoms with Gasteiger partial charge in [-0.25, -0.2) is 4.39 Å². The highest BCUT2D eigenvalue weighted by molar-refractivity contribution is 6.31. The van der Waals surface area contributed by atoms with Crippen LogP contribution in [-0.2, 0) is 6.42 Å². The van der Waals surface area contributed by atoms with Crippen molar-refractivity contribution in [2.45, 2.75) is 26.2 Å². The van der Waals surface area contributed by atoms with Crippen molar-refractivity contribution in [3.05, 3.63) is 34.6 Å². The SMILES string of the molecule is CCNCCCCc1cc(F)ccc1Cl. The van der Waals surface area contributed by atoms with Crippen LogP contribution in [-0.4, -0.2) is 13.1 Å². The number of nitrogens with one attached hydrogen (secondary N) is 1. The van der Waals surface area contributed by atoms with Gasteiger partial charge in [0.05, 0.1) is 0 Å². The summed E-state index contributed by atoms with van der Waals surface area (Å²) in [6.45, 7) is 4.10. The van der Waals surface area contributed by atoms with E-state index in [1.54, 1.807) is 6.07 Å². The first-order valence-corrected chi connectivity index (χ1v) is 5.76. The molecule has 0 atom stereocenters. The Labute approximate surface area is 95.6 Å². The Morgan fingerprint density at radius 2 is 2.13 bits per heavy atom. The number of halogens is 2.